The molecule has 6 nitrogen and oxygen atoms in total. The van der Waals surface area contributed by atoms with Crippen molar-refractivity contribution < 1.29 is 24.0 Å². The lowest BCUT2D eigenvalue weighted by atomic mass is 9.84. The van der Waals surface area contributed by atoms with E-state index in [1.165, 1.54) is 6.42 Å². The van der Waals surface area contributed by atoms with Crippen molar-refractivity contribution >= 4 is 18.0 Å². The highest BCUT2D eigenvalue weighted by Gasteiger charge is 2.34. The first-order valence-corrected chi connectivity index (χ1v) is 7.34. The fourth-order valence-corrected chi connectivity index (χ4v) is 2.91. The Morgan fingerprint density at radius 1 is 1.25 bits per heavy atom. The Kier molecular flexibility index (Phi) is 4.98. The van der Waals surface area contributed by atoms with Gasteiger partial charge in [0.1, 0.15) is 6.10 Å². The number of hydrogen-bond acceptors (Lipinski definition) is 5. The molecule has 1 saturated carbocycles. The van der Waals surface area contributed by atoms with Crippen molar-refractivity contribution in [1.82, 2.24) is 5.06 Å². The lowest BCUT2D eigenvalue weighted by Crippen LogP contribution is -2.34. The minimum Gasteiger partial charge on any atom is -0.429 e. The van der Waals surface area contributed by atoms with Crippen LogP contribution < -0.4 is 0 Å². The highest BCUT2D eigenvalue weighted by atomic mass is 16.8. The molecule has 2 amide bonds. The highest BCUT2D eigenvalue weighted by molar-refractivity contribution is 6.01. The zero-order chi connectivity index (χ0) is 14.5. The van der Waals surface area contributed by atoms with Crippen molar-refractivity contribution in [1.29, 1.82) is 0 Å². The first kappa shape index (κ1) is 14.8. The second-order valence-electron chi connectivity index (χ2n) is 5.48. The molecule has 2 unspecified atom stereocenters. The largest absolute Gasteiger partial charge is 0.534 e. The number of ether oxygens (including phenoxy) is 1. The smallest absolute Gasteiger partial charge is 0.429 e. The molecular formula is C14H21NO5. The van der Waals surface area contributed by atoms with Gasteiger partial charge in [-0.2, -0.15) is 0 Å². The molecule has 0 radical (unpaired) electrons. The Morgan fingerprint density at radius 3 is 2.60 bits per heavy atom. The lowest BCUT2D eigenvalue weighted by molar-refractivity contribution is -0.179. The summed E-state index contributed by atoms with van der Waals surface area (Å²) in [6, 6.07) is 0. The zero-order valence-corrected chi connectivity index (χ0v) is 11.8. The van der Waals surface area contributed by atoms with Crippen LogP contribution >= 0.6 is 0 Å². The predicted octanol–water partition coefficient (Wildman–Crippen LogP) is 2.56. The standard InChI is InChI=1S/C14H21NO5/c1-2-4-10-5-3-6-11(9-10)19-14(18)20-15-12(16)7-8-13(15)17/h10-11H,2-9H2,1H3. The number of imide groups is 1. The molecule has 1 aliphatic carbocycles. The summed E-state index contributed by atoms with van der Waals surface area (Å²) >= 11 is 0. The third kappa shape index (κ3) is 3.71. The van der Waals surface area contributed by atoms with Gasteiger partial charge in [-0.3, -0.25) is 14.4 Å². The van der Waals surface area contributed by atoms with E-state index in [1.54, 1.807) is 0 Å². The third-order valence-corrected chi connectivity index (χ3v) is 3.87. The lowest BCUT2D eigenvalue weighted by Gasteiger charge is -2.28. The van der Waals surface area contributed by atoms with Gasteiger partial charge in [0.25, 0.3) is 11.8 Å². The number of amides is 2. The third-order valence-electron chi connectivity index (χ3n) is 3.87. The monoisotopic (exact) mass is 283 g/mol. The average molecular weight is 283 g/mol. The van der Waals surface area contributed by atoms with Crippen LogP contribution in [0.3, 0.4) is 0 Å². The molecule has 0 spiro atoms. The summed E-state index contributed by atoms with van der Waals surface area (Å²) in [4.78, 5) is 39.0. The van der Waals surface area contributed by atoms with E-state index in [9.17, 15) is 14.4 Å². The molecule has 2 atom stereocenters. The molecule has 112 valence electrons. The van der Waals surface area contributed by atoms with Gasteiger partial charge in [0, 0.05) is 12.8 Å². The highest BCUT2D eigenvalue weighted by Crippen LogP contribution is 2.29. The maximum atomic E-state index is 11.6. The normalized spacial score (nSPS) is 26.8. The molecule has 6 heteroatoms. The van der Waals surface area contributed by atoms with Crippen LogP contribution in [-0.2, 0) is 19.2 Å². The Balaban J connectivity index is 1.79. The van der Waals surface area contributed by atoms with E-state index in [0.717, 1.165) is 32.1 Å². The molecule has 1 saturated heterocycles. The van der Waals surface area contributed by atoms with E-state index in [1.807, 2.05) is 0 Å². The van der Waals surface area contributed by atoms with Crippen LogP contribution in [0.1, 0.15) is 58.3 Å². The number of nitrogens with zero attached hydrogens (tertiary/aromatic N) is 1. The van der Waals surface area contributed by atoms with Gasteiger partial charge in [-0.25, -0.2) is 4.79 Å². The summed E-state index contributed by atoms with van der Waals surface area (Å²) in [5.41, 5.74) is 0. The van der Waals surface area contributed by atoms with Gasteiger partial charge in [-0.1, -0.05) is 31.2 Å². The molecule has 0 N–H and O–H groups in total. The molecule has 1 heterocycles. The van der Waals surface area contributed by atoms with Crippen LogP contribution in [0.2, 0.25) is 0 Å². The van der Waals surface area contributed by atoms with Crippen LogP contribution in [-0.4, -0.2) is 29.1 Å². The minimum atomic E-state index is -0.948. The molecule has 0 bridgehead atoms. The Morgan fingerprint density at radius 2 is 1.95 bits per heavy atom. The van der Waals surface area contributed by atoms with Crippen LogP contribution in [0.25, 0.3) is 0 Å². The van der Waals surface area contributed by atoms with E-state index < -0.39 is 18.0 Å². The molecule has 2 rings (SSSR count). The van der Waals surface area contributed by atoms with E-state index >= 15 is 0 Å². The molecule has 0 aromatic rings. The van der Waals surface area contributed by atoms with Gasteiger partial charge < -0.3 is 4.74 Å². The Bertz CT molecular complexity index is 377. The SMILES string of the molecule is CCCC1CCCC(OC(=O)ON2C(=O)CCC2=O)C1. The predicted molar refractivity (Wildman–Crippen MR) is 69.3 cm³/mol. The van der Waals surface area contributed by atoms with Gasteiger partial charge in [-0.15, -0.1) is 0 Å². The molecular weight excluding hydrogens is 262 g/mol. The van der Waals surface area contributed by atoms with Crippen molar-refractivity contribution in [3.8, 4) is 0 Å². The quantitative estimate of drug-likeness (QED) is 0.585. The maximum absolute atomic E-state index is 11.6. The molecule has 20 heavy (non-hydrogen) atoms. The molecule has 0 aromatic carbocycles. The van der Waals surface area contributed by atoms with Crippen molar-refractivity contribution in [2.24, 2.45) is 5.92 Å². The summed E-state index contributed by atoms with van der Waals surface area (Å²) in [7, 11) is 0. The average Bonchev–Trinajstić information content (AvgIpc) is 2.71. The summed E-state index contributed by atoms with van der Waals surface area (Å²) in [6.07, 6.45) is 5.19. The van der Waals surface area contributed by atoms with Crippen molar-refractivity contribution in [3.05, 3.63) is 0 Å². The van der Waals surface area contributed by atoms with E-state index in [0.29, 0.717) is 11.0 Å². The maximum Gasteiger partial charge on any atom is 0.534 e. The van der Waals surface area contributed by atoms with Crippen molar-refractivity contribution in [2.75, 3.05) is 0 Å². The fourth-order valence-electron chi connectivity index (χ4n) is 2.91. The van der Waals surface area contributed by atoms with Gasteiger partial charge in [0.05, 0.1) is 0 Å². The fraction of sp³-hybridized carbons (Fsp3) is 0.786. The van der Waals surface area contributed by atoms with Gasteiger partial charge in [-0.05, 0) is 25.2 Å². The molecule has 0 aromatic heterocycles. The molecule has 2 aliphatic rings. The first-order valence-electron chi connectivity index (χ1n) is 7.34. The van der Waals surface area contributed by atoms with Crippen LogP contribution in [0, 0.1) is 5.92 Å². The number of rotatable bonds is 4. The second kappa shape index (κ2) is 6.72. The van der Waals surface area contributed by atoms with Gasteiger partial charge in [0.2, 0.25) is 0 Å². The van der Waals surface area contributed by atoms with E-state index in [-0.39, 0.29) is 18.9 Å². The van der Waals surface area contributed by atoms with Crippen LogP contribution in [0.4, 0.5) is 4.79 Å². The summed E-state index contributed by atoms with van der Waals surface area (Å²) in [5, 5.41) is 0.523. The number of hydrogen-bond donors (Lipinski definition) is 0. The van der Waals surface area contributed by atoms with Crippen molar-refractivity contribution in [3.63, 3.8) is 0 Å². The summed E-state index contributed by atoms with van der Waals surface area (Å²) in [5.74, 6) is -0.388. The molecule has 2 fully saturated rings. The minimum absolute atomic E-state index is 0.0914. The van der Waals surface area contributed by atoms with E-state index in [4.69, 9.17) is 9.57 Å². The topological polar surface area (TPSA) is 72.9 Å². The second-order valence-corrected chi connectivity index (χ2v) is 5.48. The number of carbonyl (C=O) groups excluding carboxylic acids is 3. The number of hydroxylamine groups is 2. The summed E-state index contributed by atoms with van der Waals surface area (Å²) < 4.78 is 5.22. The Hall–Kier alpha value is -1.59. The first-order chi connectivity index (χ1) is 9.60. The van der Waals surface area contributed by atoms with Crippen LogP contribution in [0.5, 0.6) is 0 Å². The Labute approximate surface area is 118 Å². The van der Waals surface area contributed by atoms with E-state index in [2.05, 4.69) is 6.92 Å². The van der Waals surface area contributed by atoms with Crippen LogP contribution in [0.15, 0.2) is 0 Å². The van der Waals surface area contributed by atoms with Gasteiger partial charge in [0.15, 0.2) is 0 Å². The van der Waals surface area contributed by atoms with Gasteiger partial charge >= 0.3 is 6.16 Å². The molecule has 1 aliphatic heterocycles. The number of carbonyl (C=O) groups is 3. The zero-order valence-electron chi connectivity index (χ0n) is 11.8. The summed E-state index contributed by atoms with van der Waals surface area (Å²) in [6.45, 7) is 2.14. The van der Waals surface area contributed by atoms with Crippen molar-refractivity contribution in [2.45, 2.75) is 64.4 Å².